The molecule has 0 fully saturated rings. The molecule has 0 aromatic carbocycles. The van der Waals surface area contributed by atoms with Crippen LogP contribution < -0.4 is 9.88 Å². The summed E-state index contributed by atoms with van der Waals surface area (Å²) < 4.78 is 2.01. The first-order valence-electron chi connectivity index (χ1n) is 6.96. The molecule has 4 nitrogen and oxygen atoms in total. The summed E-state index contributed by atoms with van der Waals surface area (Å²) in [5.74, 6) is -0.0137. The summed E-state index contributed by atoms with van der Waals surface area (Å²) in [6.07, 6.45) is 4.41. The number of aryl methyl sites for hydroxylation is 2. The van der Waals surface area contributed by atoms with Gasteiger partial charge in [-0.3, -0.25) is 4.79 Å². The summed E-state index contributed by atoms with van der Waals surface area (Å²) in [5.41, 5.74) is 2.13. The summed E-state index contributed by atoms with van der Waals surface area (Å²) in [5, 5.41) is 7.51. The predicted octanol–water partition coefficient (Wildman–Crippen LogP) is 3.50. The number of rotatable bonds is 5. The van der Waals surface area contributed by atoms with E-state index in [1.165, 1.54) is 16.9 Å². The van der Waals surface area contributed by atoms with Crippen molar-refractivity contribution in [2.24, 2.45) is 0 Å². The number of carbonyl (C=O) groups is 1. The highest BCUT2D eigenvalue weighted by Gasteiger charge is 2.10. The lowest BCUT2D eigenvalue weighted by atomic mass is 10.3. The van der Waals surface area contributed by atoms with Crippen LogP contribution in [0.25, 0.3) is 10.6 Å². The van der Waals surface area contributed by atoms with E-state index < -0.39 is 0 Å². The Kier molecular flexibility index (Phi) is 4.60. The van der Waals surface area contributed by atoms with Gasteiger partial charge < -0.3 is 5.32 Å². The Morgan fingerprint density at radius 2 is 2.09 bits per heavy atom. The first-order chi connectivity index (χ1) is 10.7. The molecule has 0 unspecified atom stereocenters. The number of hydrogen-bond acceptors (Lipinski definition) is 4. The molecule has 0 saturated carbocycles. The van der Waals surface area contributed by atoms with Crippen molar-refractivity contribution in [1.29, 1.82) is 0 Å². The Bertz CT molecular complexity index is 748. The summed E-state index contributed by atoms with van der Waals surface area (Å²) in [6, 6.07) is 8.09. The third kappa shape index (κ3) is 3.78. The minimum Gasteiger partial charge on any atom is -0.302 e. The third-order valence-electron chi connectivity index (χ3n) is 3.18. The lowest BCUT2D eigenvalue weighted by Gasteiger charge is -2.00. The number of nitrogens with one attached hydrogen (secondary N) is 1. The molecule has 0 spiro atoms. The van der Waals surface area contributed by atoms with Crippen LogP contribution in [0.4, 0.5) is 5.13 Å². The molecule has 0 aliphatic carbocycles. The van der Waals surface area contributed by atoms with E-state index in [2.05, 4.69) is 10.3 Å². The lowest BCUT2D eigenvalue weighted by molar-refractivity contribution is -0.695. The van der Waals surface area contributed by atoms with Gasteiger partial charge in [0.05, 0.1) is 17.0 Å². The van der Waals surface area contributed by atoms with Gasteiger partial charge in [-0.25, -0.2) is 9.55 Å². The Morgan fingerprint density at radius 1 is 1.27 bits per heavy atom. The van der Waals surface area contributed by atoms with Gasteiger partial charge in [-0.2, -0.15) is 0 Å². The first kappa shape index (κ1) is 14.9. The molecule has 112 valence electrons. The Morgan fingerprint density at radius 3 is 2.82 bits per heavy atom. The highest BCUT2D eigenvalue weighted by Crippen LogP contribution is 2.28. The second-order valence-corrected chi connectivity index (χ2v) is 6.73. The first-order valence-corrected chi connectivity index (χ1v) is 8.71. The molecule has 0 aliphatic heterocycles. The quantitative estimate of drug-likeness (QED) is 0.728. The number of amides is 1. The summed E-state index contributed by atoms with van der Waals surface area (Å²) in [4.78, 5) is 17.6. The van der Waals surface area contributed by atoms with Crippen LogP contribution >= 0.6 is 22.7 Å². The maximum Gasteiger partial charge on any atom is 0.232 e. The zero-order valence-electron chi connectivity index (χ0n) is 12.2. The summed E-state index contributed by atoms with van der Waals surface area (Å²) in [6.45, 7) is 2.71. The Hall–Kier alpha value is -2.05. The predicted molar refractivity (Wildman–Crippen MR) is 90.0 cm³/mol. The molecule has 1 N–H and O–H groups in total. The van der Waals surface area contributed by atoms with Gasteiger partial charge in [-0.15, -0.1) is 22.7 Å². The molecular weight excluding hydrogens is 314 g/mol. The second kappa shape index (κ2) is 6.81. The van der Waals surface area contributed by atoms with E-state index in [0.717, 1.165) is 10.6 Å². The standard InChI is InChI=1S/C16H15N3OS2/c1-12-4-7-19(8-5-12)9-6-15(20)18-16-17-13(11-22-16)14-3-2-10-21-14/h2-5,7-8,10-11H,6,9H2,1H3/p+1. The molecule has 0 bridgehead atoms. The average molecular weight is 330 g/mol. The van der Waals surface area contributed by atoms with Crippen LogP contribution in [0.15, 0.2) is 47.4 Å². The fourth-order valence-electron chi connectivity index (χ4n) is 1.96. The molecule has 0 saturated heterocycles. The number of carbonyl (C=O) groups excluding carboxylic acids is 1. The number of thiophene rings is 1. The van der Waals surface area contributed by atoms with Crippen LogP contribution in [0.3, 0.4) is 0 Å². The summed E-state index contributed by atoms with van der Waals surface area (Å²) in [7, 11) is 0. The normalized spacial score (nSPS) is 10.6. The minimum absolute atomic E-state index is 0.0137. The van der Waals surface area contributed by atoms with Crippen molar-refractivity contribution in [3.8, 4) is 10.6 Å². The fraction of sp³-hybridized carbons (Fsp3) is 0.188. The van der Waals surface area contributed by atoms with Crippen LogP contribution in [0.5, 0.6) is 0 Å². The molecule has 6 heteroatoms. The van der Waals surface area contributed by atoms with Gasteiger partial charge in [0, 0.05) is 17.5 Å². The maximum atomic E-state index is 12.0. The van der Waals surface area contributed by atoms with Gasteiger partial charge in [0.1, 0.15) is 0 Å². The van der Waals surface area contributed by atoms with Gasteiger partial charge in [0.15, 0.2) is 24.1 Å². The molecule has 0 radical (unpaired) electrons. The van der Waals surface area contributed by atoms with E-state index in [9.17, 15) is 4.79 Å². The van der Waals surface area contributed by atoms with Gasteiger partial charge in [-0.05, 0) is 23.9 Å². The monoisotopic (exact) mass is 330 g/mol. The number of thiazole rings is 1. The molecule has 0 atom stereocenters. The summed E-state index contributed by atoms with van der Waals surface area (Å²) >= 11 is 3.10. The van der Waals surface area contributed by atoms with Crippen LogP contribution in [-0.2, 0) is 11.3 Å². The topological polar surface area (TPSA) is 45.9 Å². The van der Waals surface area contributed by atoms with E-state index >= 15 is 0 Å². The largest absolute Gasteiger partial charge is 0.302 e. The second-order valence-electron chi connectivity index (χ2n) is 4.93. The number of anilines is 1. The van der Waals surface area contributed by atoms with Crippen molar-refractivity contribution in [2.75, 3.05) is 5.32 Å². The maximum absolute atomic E-state index is 12.0. The SMILES string of the molecule is Cc1cc[n+](CCC(=O)Nc2nc(-c3cccs3)cs2)cc1. The molecule has 1 amide bonds. The molecule has 3 heterocycles. The van der Waals surface area contributed by atoms with E-state index in [1.54, 1.807) is 11.3 Å². The zero-order valence-corrected chi connectivity index (χ0v) is 13.8. The van der Waals surface area contributed by atoms with E-state index in [-0.39, 0.29) is 5.91 Å². The van der Waals surface area contributed by atoms with Crippen molar-refractivity contribution < 1.29 is 9.36 Å². The van der Waals surface area contributed by atoms with Crippen molar-refractivity contribution in [3.05, 3.63) is 53.0 Å². The molecule has 3 aromatic heterocycles. The number of pyridine rings is 1. The Balaban J connectivity index is 1.54. The minimum atomic E-state index is -0.0137. The smallest absolute Gasteiger partial charge is 0.232 e. The van der Waals surface area contributed by atoms with E-state index in [1.807, 2.05) is 58.9 Å². The van der Waals surface area contributed by atoms with Crippen LogP contribution in [0.2, 0.25) is 0 Å². The van der Waals surface area contributed by atoms with Crippen molar-refractivity contribution in [2.45, 2.75) is 19.9 Å². The Labute approximate surface area is 137 Å². The average Bonchev–Trinajstić information content (AvgIpc) is 3.17. The van der Waals surface area contributed by atoms with Crippen LogP contribution in [0, 0.1) is 6.92 Å². The van der Waals surface area contributed by atoms with Crippen molar-refractivity contribution >= 4 is 33.7 Å². The number of aromatic nitrogens is 2. The number of nitrogens with zero attached hydrogens (tertiary/aromatic N) is 2. The van der Waals surface area contributed by atoms with Crippen LogP contribution in [-0.4, -0.2) is 10.9 Å². The zero-order chi connectivity index (χ0) is 15.4. The third-order valence-corrected chi connectivity index (χ3v) is 4.83. The molecule has 3 rings (SSSR count). The number of hydrogen-bond donors (Lipinski definition) is 1. The van der Waals surface area contributed by atoms with E-state index in [0.29, 0.717) is 18.1 Å². The van der Waals surface area contributed by atoms with Gasteiger partial charge in [0.25, 0.3) is 0 Å². The molecule has 3 aromatic rings. The van der Waals surface area contributed by atoms with Gasteiger partial charge in [0.2, 0.25) is 5.91 Å². The fourth-order valence-corrected chi connectivity index (χ4v) is 3.45. The lowest BCUT2D eigenvalue weighted by Crippen LogP contribution is -2.34. The van der Waals surface area contributed by atoms with Crippen molar-refractivity contribution in [3.63, 3.8) is 0 Å². The van der Waals surface area contributed by atoms with Gasteiger partial charge >= 0.3 is 0 Å². The molecular formula is C16H16N3OS2+. The molecule has 22 heavy (non-hydrogen) atoms. The molecule has 0 aliphatic rings. The van der Waals surface area contributed by atoms with Gasteiger partial charge in [-0.1, -0.05) is 6.07 Å². The van der Waals surface area contributed by atoms with Crippen LogP contribution in [0.1, 0.15) is 12.0 Å². The highest BCUT2D eigenvalue weighted by molar-refractivity contribution is 7.16. The van der Waals surface area contributed by atoms with E-state index in [4.69, 9.17) is 0 Å². The van der Waals surface area contributed by atoms with Crippen molar-refractivity contribution in [1.82, 2.24) is 4.98 Å². The highest BCUT2D eigenvalue weighted by atomic mass is 32.1.